The Morgan fingerprint density at radius 1 is 1.32 bits per heavy atom. The molecule has 0 radical (unpaired) electrons. The number of anilines is 1. The van der Waals surface area contributed by atoms with Gasteiger partial charge in [0.05, 0.1) is 5.69 Å². The van der Waals surface area contributed by atoms with E-state index >= 15 is 0 Å². The number of nitrogens with one attached hydrogen (secondary N) is 1. The number of fused-ring (bicyclic) bond motifs is 1. The van der Waals surface area contributed by atoms with Crippen LogP contribution in [0, 0.1) is 11.8 Å². The summed E-state index contributed by atoms with van der Waals surface area (Å²) in [5, 5.41) is 14.9. The molecule has 1 aromatic carbocycles. The first-order valence-corrected chi connectivity index (χ1v) is 6.67. The third kappa shape index (κ3) is 1.82. The van der Waals surface area contributed by atoms with Gasteiger partial charge in [-0.1, -0.05) is 18.2 Å². The minimum absolute atomic E-state index is 0.577. The first-order valence-electron chi connectivity index (χ1n) is 6.67. The topological polar surface area (TPSA) is 55.6 Å². The van der Waals surface area contributed by atoms with Gasteiger partial charge in [-0.2, -0.15) is 0 Å². The van der Waals surface area contributed by atoms with Gasteiger partial charge in [-0.05, 0) is 47.4 Å². The van der Waals surface area contributed by atoms with Gasteiger partial charge in [-0.15, -0.1) is 5.10 Å². The van der Waals surface area contributed by atoms with E-state index in [1.807, 2.05) is 12.1 Å². The van der Waals surface area contributed by atoms with E-state index in [9.17, 15) is 0 Å². The molecule has 1 saturated carbocycles. The number of tetrazole rings is 1. The molecule has 5 nitrogen and oxygen atoms in total. The third-order valence-corrected chi connectivity index (χ3v) is 4.17. The fraction of sp³-hybridized carbons (Fsp3) is 0.357. The van der Waals surface area contributed by atoms with Crippen molar-refractivity contribution < 1.29 is 0 Å². The zero-order chi connectivity index (χ0) is 12.7. The van der Waals surface area contributed by atoms with Crippen LogP contribution < -0.4 is 5.32 Å². The lowest BCUT2D eigenvalue weighted by Gasteiger charge is -2.41. The van der Waals surface area contributed by atoms with E-state index in [-0.39, 0.29) is 0 Å². The van der Waals surface area contributed by atoms with Crippen LogP contribution in [0.25, 0.3) is 5.69 Å². The van der Waals surface area contributed by atoms with Crippen LogP contribution >= 0.6 is 0 Å². The molecule has 0 aliphatic heterocycles. The SMILES string of the molecule is C1=CC2C(C1)CC2Nc1cccc(-n2cnnn2)c1. The summed E-state index contributed by atoms with van der Waals surface area (Å²) in [5.41, 5.74) is 2.12. The van der Waals surface area contributed by atoms with Crippen LogP contribution in [0.4, 0.5) is 5.69 Å². The van der Waals surface area contributed by atoms with E-state index in [0.717, 1.165) is 23.2 Å². The number of hydrogen-bond acceptors (Lipinski definition) is 4. The summed E-state index contributed by atoms with van der Waals surface area (Å²) in [6.07, 6.45) is 8.81. The quantitative estimate of drug-likeness (QED) is 0.850. The predicted molar refractivity (Wildman–Crippen MR) is 71.9 cm³/mol. The molecule has 0 bridgehead atoms. The fourth-order valence-electron chi connectivity index (χ4n) is 3.12. The van der Waals surface area contributed by atoms with Gasteiger partial charge in [0.25, 0.3) is 0 Å². The lowest BCUT2D eigenvalue weighted by atomic mass is 9.71. The molecule has 96 valence electrons. The standard InChI is InChI=1S/C14H15N5/c1-3-10-7-14(13(10)6-1)16-11-4-2-5-12(8-11)19-9-15-17-18-19/h1-2,4-6,8-10,13-14,16H,3,7H2. The maximum absolute atomic E-state index is 3.91. The van der Waals surface area contributed by atoms with Crippen molar-refractivity contribution in [3.05, 3.63) is 42.7 Å². The highest BCUT2D eigenvalue weighted by Crippen LogP contribution is 2.44. The second-order valence-corrected chi connectivity index (χ2v) is 5.29. The summed E-state index contributed by atoms with van der Waals surface area (Å²) >= 11 is 0. The number of nitrogens with zero attached hydrogens (tertiary/aromatic N) is 4. The normalized spacial score (nSPS) is 27.9. The smallest absolute Gasteiger partial charge is 0.143 e. The van der Waals surface area contributed by atoms with Crippen LogP contribution in [0.1, 0.15) is 12.8 Å². The molecule has 3 unspecified atom stereocenters. The van der Waals surface area contributed by atoms with Crippen LogP contribution in [-0.2, 0) is 0 Å². The number of aromatic nitrogens is 4. The molecule has 19 heavy (non-hydrogen) atoms. The van der Waals surface area contributed by atoms with Crippen LogP contribution in [0.5, 0.6) is 0 Å². The summed E-state index contributed by atoms with van der Waals surface area (Å²) in [7, 11) is 0. The molecule has 3 atom stereocenters. The van der Waals surface area contributed by atoms with Crippen molar-refractivity contribution in [2.75, 3.05) is 5.32 Å². The van der Waals surface area contributed by atoms with E-state index < -0.39 is 0 Å². The lowest BCUT2D eigenvalue weighted by molar-refractivity contribution is 0.218. The minimum Gasteiger partial charge on any atom is -0.382 e. The Morgan fingerprint density at radius 2 is 2.32 bits per heavy atom. The maximum Gasteiger partial charge on any atom is 0.143 e. The maximum atomic E-state index is 3.91. The monoisotopic (exact) mass is 253 g/mol. The molecule has 1 heterocycles. The third-order valence-electron chi connectivity index (χ3n) is 4.17. The Morgan fingerprint density at radius 3 is 3.16 bits per heavy atom. The highest BCUT2D eigenvalue weighted by Gasteiger charge is 2.40. The van der Waals surface area contributed by atoms with Crippen LogP contribution in [-0.4, -0.2) is 26.2 Å². The number of rotatable bonds is 3. The fourth-order valence-corrected chi connectivity index (χ4v) is 3.12. The van der Waals surface area contributed by atoms with Crippen molar-refractivity contribution in [3.63, 3.8) is 0 Å². The second-order valence-electron chi connectivity index (χ2n) is 5.29. The average Bonchev–Trinajstić information content (AvgIpc) is 3.06. The average molecular weight is 253 g/mol. The molecule has 0 amide bonds. The number of allylic oxidation sites excluding steroid dienone is 1. The van der Waals surface area contributed by atoms with Gasteiger partial charge in [0.15, 0.2) is 0 Å². The van der Waals surface area contributed by atoms with Crippen molar-refractivity contribution in [1.82, 2.24) is 20.2 Å². The number of benzene rings is 1. The molecule has 1 N–H and O–H groups in total. The first kappa shape index (κ1) is 10.7. The minimum atomic E-state index is 0.577. The Balaban J connectivity index is 1.53. The van der Waals surface area contributed by atoms with Gasteiger partial charge in [0, 0.05) is 17.6 Å². The van der Waals surface area contributed by atoms with E-state index in [2.05, 4.69) is 45.1 Å². The first-order chi connectivity index (χ1) is 9.40. The van der Waals surface area contributed by atoms with Crippen molar-refractivity contribution in [2.45, 2.75) is 18.9 Å². The van der Waals surface area contributed by atoms with E-state index in [1.165, 1.54) is 12.8 Å². The van der Waals surface area contributed by atoms with Gasteiger partial charge in [-0.3, -0.25) is 0 Å². The van der Waals surface area contributed by atoms with Gasteiger partial charge in [-0.25, -0.2) is 4.68 Å². The predicted octanol–water partition coefficient (Wildman–Crippen LogP) is 2.04. The molecular weight excluding hydrogens is 238 g/mol. The molecule has 2 aliphatic carbocycles. The van der Waals surface area contributed by atoms with Crippen LogP contribution in [0.15, 0.2) is 42.7 Å². The van der Waals surface area contributed by atoms with Crippen molar-refractivity contribution in [2.24, 2.45) is 11.8 Å². The molecule has 0 saturated heterocycles. The summed E-state index contributed by atoms with van der Waals surface area (Å²) in [4.78, 5) is 0. The summed E-state index contributed by atoms with van der Waals surface area (Å²) < 4.78 is 1.67. The molecule has 2 aliphatic rings. The second kappa shape index (κ2) is 4.19. The van der Waals surface area contributed by atoms with E-state index in [4.69, 9.17) is 0 Å². The zero-order valence-corrected chi connectivity index (χ0v) is 10.5. The Labute approximate surface area is 111 Å². The zero-order valence-electron chi connectivity index (χ0n) is 10.5. The molecule has 2 aromatic rings. The van der Waals surface area contributed by atoms with E-state index in [0.29, 0.717) is 6.04 Å². The summed E-state index contributed by atoms with van der Waals surface area (Å²) in [6.45, 7) is 0. The molecule has 1 aromatic heterocycles. The molecule has 1 fully saturated rings. The van der Waals surface area contributed by atoms with Crippen LogP contribution in [0.2, 0.25) is 0 Å². The van der Waals surface area contributed by atoms with Gasteiger partial charge in [0.1, 0.15) is 6.33 Å². The van der Waals surface area contributed by atoms with Gasteiger partial charge >= 0.3 is 0 Å². The highest BCUT2D eigenvalue weighted by molar-refractivity contribution is 5.52. The Hall–Kier alpha value is -2.17. The van der Waals surface area contributed by atoms with Crippen molar-refractivity contribution in [3.8, 4) is 5.69 Å². The highest BCUT2D eigenvalue weighted by atomic mass is 15.5. The van der Waals surface area contributed by atoms with Crippen molar-refractivity contribution >= 4 is 5.69 Å². The lowest BCUT2D eigenvalue weighted by Crippen LogP contribution is -2.43. The summed E-state index contributed by atoms with van der Waals surface area (Å²) in [6, 6.07) is 8.79. The number of hydrogen-bond donors (Lipinski definition) is 1. The van der Waals surface area contributed by atoms with Crippen molar-refractivity contribution in [1.29, 1.82) is 0 Å². The largest absolute Gasteiger partial charge is 0.382 e. The summed E-state index contributed by atoms with van der Waals surface area (Å²) in [5.74, 6) is 1.59. The molecular formula is C14H15N5. The van der Waals surface area contributed by atoms with E-state index in [1.54, 1.807) is 11.0 Å². The molecule has 0 spiro atoms. The molecule has 5 heteroatoms. The van der Waals surface area contributed by atoms with Gasteiger partial charge in [0.2, 0.25) is 0 Å². The Kier molecular flexibility index (Phi) is 2.36. The molecule has 4 rings (SSSR count). The Bertz CT molecular complexity index is 604. The van der Waals surface area contributed by atoms with Crippen LogP contribution in [0.3, 0.4) is 0 Å². The van der Waals surface area contributed by atoms with Gasteiger partial charge < -0.3 is 5.32 Å².